The molecule has 5 rings (SSSR count). The van der Waals surface area contributed by atoms with Gasteiger partial charge in [-0.3, -0.25) is 13.9 Å². The van der Waals surface area contributed by atoms with E-state index >= 15 is 0 Å². The van der Waals surface area contributed by atoms with Crippen molar-refractivity contribution in [3.63, 3.8) is 0 Å². The van der Waals surface area contributed by atoms with Crippen LogP contribution in [0.5, 0.6) is 5.75 Å². The molecule has 0 unspecified atom stereocenters. The summed E-state index contributed by atoms with van der Waals surface area (Å²) in [7, 11) is 1.58. The molecule has 4 aromatic rings. The van der Waals surface area contributed by atoms with Gasteiger partial charge in [0, 0.05) is 25.3 Å². The van der Waals surface area contributed by atoms with Crippen LogP contribution in [-0.4, -0.2) is 39.6 Å². The zero-order valence-electron chi connectivity index (χ0n) is 21.0. The van der Waals surface area contributed by atoms with Gasteiger partial charge in [0.05, 0.1) is 30.1 Å². The number of para-hydroxylation sites is 1. The van der Waals surface area contributed by atoms with E-state index in [0.29, 0.717) is 22.8 Å². The molecule has 0 aliphatic carbocycles. The van der Waals surface area contributed by atoms with Gasteiger partial charge in [0.2, 0.25) is 0 Å². The number of rotatable bonds is 6. The Morgan fingerprint density at radius 3 is 2.46 bits per heavy atom. The van der Waals surface area contributed by atoms with E-state index in [-0.39, 0.29) is 42.6 Å². The third kappa shape index (κ3) is 5.37. The topological polar surface area (TPSA) is 97.6 Å². The van der Waals surface area contributed by atoms with E-state index in [1.54, 1.807) is 43.5 Å². The molecule has 3 amide bonds. The third-order valence-corrected chi connectivity index (χ3v) is 6.77. The summed E-state index contributed by atoms with van der Waals surface area (Å²) in [6.07, 6.45) is 0. The molecule has 0 spiro atoms. The Morgan fingerprint density at radius 1 is 1.03 bits per heavy atom. The molecule has 0 saturated carbocycles. The lowest BCUT2D eigenvalue weighted by atomic mass is 10.2. The fourth-order valence-corrected chi connectivity index (χ4v) is 4.65. The average Bonchev–Trinajstić information content (AvgIpc) is 3.26. The molecule has 1 aliphatic heterocycles. The number of methoxy groups -OCH3 is 1. The number of urea groups is 1. The summed E-state index contributed by atoms with van der Waals surface area (Å²) in [5.74, 6) is -0.344. The molecular weight excluding hydrogens is 525 g/mol. The van der Waals surface area contributed by atoms with E-state index in [2.05, 4.69) is 10.6 Å². The largest absolute Gasteiger partial charge is 0.497 e. The minimum atomic E-state index is -0.593. The quantitative estimate of drug-likeness (QED) is 0.372. The van der Waals surface area contributed by atoms with E-state index in [1.165, 1.54) is 26.2 Å². The highest BCUT2D eigenvalue weighted by Gasteiger charge is 2.31. The number of amides is 3. The number of carbonyl (C=O) groups is 2. The fourth-order valence-electron chi connectivity index (χ4n) is 4.47. The van der Waals surface area contributed by atoms with Crippen molar-refractivity contribution in [1.29, 1.82) is 0 Å². The van der Waals surface area contributed by atoms with Crippen LogP contribution in [0.15, 0.2) is 77.6 Å². The Kier molecular flexibility index (Phi) is 7.38. The standard InChI is InChI=1S/C28H25ClFN5O4/c1-39-21-10-7-18(8-11-21)16-31-26(36)25-24-17-33(27(37)32-19-9-12-23(30)22(29)15-19)13-14-34(24)28(38)35(25)20-5-3-2-4-6-20/h2-12,15H,13-14,16-17H2,1H3,(H,31,36)(H,32,37). The predicted molar refractivity (Wildman–Crippen MR) is 145 cm³/mol. The third-order valence-electron chi connectivity index (χ3n) is 6.48. The van der Waals surface area contributed by atoms with E-state index in [1.807, 2.05) is 18.2 Å². The van der Waals surface area contributed by atoms with E-state index < -0.39 is 17.8 Å². The number of hydrogen-bond donors (Lipinski definition) is 2. The van der Waals surface area contributed by atoms with Gasteiger partial charge in [0.15, 0.2) is 0 Å². The highest BCUT2D eigenvalue weighted by atomic mass is 35.5. The van der Waals surface area contributed by atoms with Gasteiger partial charge in [-0.15, -0.1) is 0 Å². The molecule has 0 atom stereocenters. The summed E-state index contributed by atoms with van der Waals surface area (Å²) >= 11 is 5.84. The summed E-state index contributed by atoms with van der Waals surface area (Å²) in [5, 5.41) is 5.48. The fraction of sp³-hybridized carbons (Fsp3) is 0.179. The number of fused-ring (bicyclic) bond motifs is 1. The highest BCUT2D eigenvalue weighted by molar-refractivity contribution is 6.31. The number of aromatic nitrogens is 2. The first-order chi connectivity index (χ1) is 18.9. The predicted octanol–water partition coefficient (Wildman–Crippen LogP) is 4.42. The number of carbonyl (C=O) groups excluding carboxylic acids is 2. The second kappa shape index (κ2) is 11.0. The van der Waals surface area contributed by atoms with Crippen molar-refractivity contribution in [3.05, 3.63) is 111 Å². The molecule has 0 bridgehead atoms. The molecule has 1 aromatic heterocycles. The monoisotopic (exact) mass is 549 g/mol. The maximum Gasteiger partial charge on any atom is 0.333 e. The van der Waals surface area contributed by atoms with Crippen LogP contribution < -0.4 is 21.1 Å². The lowest BCUT2D eigenvalue weighted by molar-refractivity contribution is 0.0940. The number of ether oxygens (including phenoxy) is 1. The zero-order chi connectivity index (χ0) is 27.5. The van der Waals surface area contributed by atoms with Gasteiger partial charge in [-0.2, -0.15) is 0 Å². The Labute approximate surface area is 228 Å². The van der Waals surface area contributed by atoms with Crippen LogP contribution in [0.25, 0.3) is 5.69 Å². The summed E-state index contributed by atoms with van der Waals surface area (Å²) in [5.41, 5.74) is 1.92. The van der Waals surface area contributed by atoms with Crippen molar-refractivity contribution < 1.29 is 18.7 Å². The number of nitrogens with zero attached hydrogens (tertiary/aromatic N) is 3. The van der Waals surface area contributed by atoms with Crippen LogP contribution >= 0.6 is 11.6 Å². The van der Waals surface area contributed by atoms with Gasteiger partial charge < -0.3 is 20.3 Å². The van der Waals surface area contributed by atoms with Crippen molar-refractivity contribution in [3.8, 4) is 11.4 Å². The molecule has 0 saturated heterocycles. The lowest BCUT2D eigenvalue weighted by Gasteiger charge is -2.28. The molecule has 200 valence electrons. The molecule has 9 nitrogen and oxygen atoms in total. The molecule has 0 fully saturated rings. The molecule has 3 aromatic carbocycles. The second-order valence-corrected chi connectivity index (χ2v) is 9.32. The Bertz CT molecular complexity index is 1580. The maximum absolute atomic E-state index is 13.6. The van der Waals surface area contributed by atoms with Crippen LogP contribution in [0.2, 0.25) is 5.02 Å². The first-order valence-electron chi connectivity index (χ1n) is 12.2. The Morgan fingerprint density at radius 2 is 1.77 bits per heavy atom. The number of anilines is 1. The molecular formula is C28H25ClFN5O4. The number of nitrogens with one attached hydrogen (secondary N) is 2. The molecule has 2 N–H and O–H groups in total. The van der Waals surface area contributed by atoms with Gasteiger partial charge in [-0.25, -0.2) is 14.0 Å². The Balaban J connectivity index is 1.44. The van der Waals surface area contributed by atoms with Gasteiger partial charge >= 0.3 is 11.7 Å². The van der Waals surface area contributed by atoms with Crippen molar-refractivity contribution in [2.45, 2.75) is 19.6 Å². The number of hydrogen-bond acceptors (Lipinski definition) is 4. The van der Waals surface area contributed by atoms with Crippen molar-refractivity contribution in [1.82, 2.24) is 19.4 Å². The van der Waals surface area contributed by atoms with Crippen molar-refractivity contribution >= 4 is 29.2 Å². The first-order valence-corrected chi connectivity index (χ1v) is 12.6. The van der Waals surface area contributed by atoms with Gasteiger partial charge in [-0.1, -0.05) is 41.9 Å². The maximum atomic E-state index is 13.6. The average molecular weight is 550 g/mol. The number of benzene rings is 3. The van der Waals surface area contributed by atoms with E-state index in [9.17, 15) is 18.8 Å². The summed E-state index contributed by atoms with van der Waals surface area (Å²) in [6.45, 7) is 0.677. The smallest absolute Gasteiger partial charge is 0.333 e. The minimum absolute atomic E-state index is 0.0150. The van der Waals surface area contributed by atoms with Crippen molar-refractivity contribution in [2.75, 3.05) is 19.0 Å². The van der Waals surface area contributed by atoms with Crippen LogP contribution in [0.3, 0.4) is 0 Å². The Hall–Kier alpha value is -4.57. The number of imidazole rings is 1. The summed E-state index contributed by atoms with van der Waals surface area (Å²) in [6, 6.07) is 19.6. The van der Waals surface area contributed by atoms with E-state index in [4.69, 9.17) is 16.3 Å². The summed E-state index contributed by atoms with van der Waals surface area (Å²) in [4.78, 5) is 41.6. The SMILES string of the molecule is COc1ccc(CNC(=O)c2c3n(c(=O)n2-c2ccccc2)CCN(C(=O)Nc2ccc(F)c(Cl)c2)C3)cc1. The van der Waals surface area contributed by atoms with Crippen LogP contribution in [0, 0.1) is 5.82 Å². The minimum Gasteiger partial charge on any atom is -0.497 e. The van der Waals surface area contributed by atoms with Gasteiger partial charge in [0.25, 0.3) is 5.91 Å². The highest BCUT2D eigenvalue weighted by Crippen LogP contribution is 2.23. The first kappa shape index (κ1) is 26.1. The second-order valence-electron chi connectivity index (χ2n) is 8.91. The number of halogens is 2. The van der Waals surface area contributed by atoms with Gasteiger partial charge in [0.1, 0.15) is 17.3 Å². The molecule has 39 heavy (non-hydrogen) atoms. The summed E-state index contributed by atoms with van der Waals surface area (Å²) < 4.78 is 21.6. The molecule has 2 heterocycles. The van der Waals surface area contributed by atoms with Crippen LogP contribution in [0.4, 0.5) is 14.9 Å². The molecule has 1 aliphatic rings. The van der Waals surface area contributed by atoms with Crippen molar-refractivity contribution in [2.24, 2.45) is 0 Å². The molecule has 0 radical (unpaired) electrons. The molecule has 11 heteroatoms. The van der Waals surface area contributed by atoms with E-state index in [0.717, 1.165) is 11.6 Å². The lowest BCUT2D eigenvalue weighted by Crippen LogP contribution is -2.43. The van der Waals surface area contributed by atoms with Crippen LogP contribution in [-0.2, 0) is 19.6 Å². The van der Waals surface area contributed by atoms with Gasteiger partial charge in [-0.05, 0) is 48.0 Å². The normalized spacial score (nSPS) is 12.5. The zero-order valence-corrected chi connectivity index (χ0v) is 21.7. The van der Waals surface area contributed by atoms with Crippen LogP contribution in [0.1, 0.15) is 21.7 Å².